The molecule has 1 atom stereocenters. The van der Waals surface area contributed by atoms with Crippen molar-refractivity contribution >= 4 is 5.91 Å². The number of nitrogens with zero attached hydrogens (tertiary/aromatic N) is 2. The van der Waals surface area contributed by atoms with Crippen LogP contribution < -0.4 is 10.6 Å². The molecule has 0 radical (unpaired) electrons. The van der Waals surface area contributed by atoms with Crippen LogP contribution in [-0.2, 0) is 11.3 Å². The first kappa shape index (κ1) is 13.5. The van der Waals surface area contributed by atoms with E-state index in [0.717, 1.165) is 36.9 Å². The maximum absolute atomic E-state index is 12.6. The summed E-state index contributed by atoms with van der Waals surface area (Å²) >= 11 is 0. The largest absolute Gasteiger partial charge is 0.349 e. The number of aromatic nitrogens is 2. The number of imidazole rings is 1. The Bertz CT molecular complexity index is 496. The van der Waals surface area contributed by atoms with Crippen molar-refractivity contribution in [2.24, 2.45) is 11.3 Å². The van der Waals surface area contributed by atoms with Gasteiger partial charge in [-0.3, -0.25) is 9.36 Å². The Morgan fingerprint density at radius 2 is 2.30 bits per heavy atom. The van der Waals surface area contributed by atoms with Gasteiger partial charge in [0.15, 0.2) is 0 Å². The first-order valence-corrected chi connectivity index (χ1v) is 6.91. The highest BCUT2D eigenvalue weighted by atomic mass is 19.3. The number of halogens is 2. The highest BCUT2D eigenvalue weighted by molar-refractivity contribution is 5.82. The standard InChI is InChI=1S/C13H18F2N4O/c14-12(15)19-6-5-17-10(19)8-18-11(20)9-7-13(9)1-3-16-4-2-13/h5-6,9,12,16H,1-4,7-8H2,(H,18,20). The van der Waals surface area contributed by atoms with Crippen LogP contribution in [-0.4, -0.2) is 28.5 Å². The molecule has 20 heavy (non-hydrogen) atoms. The lowest BCUT2D eigenvalue weighted by Crippen LogP contribution is -2.33. The maximum atomic E-state index is 12.6. The Morgan fingerprint density at radius 3 is 3.00 bits per heavy atom. The third-order valence-corrected chi connectivity index (χ3v) is 4.49. The van der Waals surface area contributed by atoms with Crippen molar-refractivity contribution in [3.63, 3.8) is 0 Å². The van der Waals surface area contributed by atoms with Crippen LogP contribution in [0.2, 0.25) is 0 Å². The van der Waals surface area contributed by atoms with Gasteiger partial charge in [0.2, 0.25) is 5.91 Å². The van der Waals surface area contributed by atoms with E-state index in [1.165, 1.54) is 12.4 Å². The molecule has 7 heteroatoms. The molecule has 1 saturated heterocycles. The van der Waals surface area contributed by atoms with E-state index in [1.54, 1.807) is 0 Å². The Morgan fingerprint density at radius 1 is 1.55 bits per heavy atom. The molecule has 1 unspecified atom stereocenters. The van der Waals surface area contributed by atoms with Crippen molar-refractivity contribution in [3.05, 3.63) is 18.2 Å². The van der Waals surface area contributed by atoms with Crippen LogP contribution in [0.3, 0.4) is 0 Å². The van der Waals surface area contributed by atoms with Gasteiger partial charge in [0.05, 0.1) is 6.54 Å². The van der Waals surface area contributed by atoms with Crippen LogP contribution in [0.25, 0.3) is 0 Å². The lowest BCUT2D eigenvalue weighted by Gasteiger charge is -2.23. The van der Waals surface area contributed by atoms with E-state index in [4.69, 9.17) is 0 Å². The molecule has 2 fully saturated rings. The number of piperidine rings is 1. The van der Waals surface area contributed by atoms with Crippen LogP contribution in [0.5, 0.6) is 0 Å². The van der Waals surface area contributed by atoms with E-state index >= 15 is 0 Å². The van der Waals surface area contributed by atoms with Gasteiger partial charge in [0, 0.05) is 18.3 Å². The number of hydrogen-bond donors (Lipinski definition) is 2. The fraction of sp³-hybridized carbons (Fsp3) is 0.692. The summed E-state index contributed by atoms with van der Waals surface area (Å²) in [4.78, 5) is 16.0. The zero-order valence-corrected chi connectivity index (χ0v) is 11.1. The minimum absolute atomic E-state index is 0.0317. The molecular weight excluding hydrogens is 266 g/mol. The lowest BCUT2D eigenvalue weighted by molar-refractivity contribution is -0.123. The Balaban J connectivity index is 1.54. The monoisotopic (exact) mass is 284 g/mol. The van der Waals surface area contributed by atoms with E-state index < -0.39 is 6.55 Å². The number of carbonyl (C=O) groups excluding carboxylic acids is 1. The number of alkyl halides is 2. The van der Waals surface area contributed by atoms with E-state index in [-0.39, 0.29) is 29.6 Å². The lowest BCUT2D eigenvalue weighted by atomic mass is 9.92. The molecule has 1 aliphatic carbocycles. The first-order chi connectivity index (χ1) is 9.62. The predicted octanol–water partition coefficient (Wildman–Crippen LogP) is 1.28. The van der Waals surface area contributed by atoms with Crippen molar-refractivity contribution in [2.75, 3.05) is 13.1 Å². The summed E-state index contributed by atoms with van der Waals surface area (Å²) in [6.45, 7) is -0.652. The predicted molar refractivity (Wildman–Crippen MR) is 68.0 cm³/mol. The highest BCUT2D eigenvalue weighted by Gasteiger charge is 2.57. The smallest absolute Gasteiger partial charge is 0.319 e. The van der Waals surface area contributed by atoms with Gasteiger partial charge < -0.3 is 10.6 Å². The Labute approximate surface area is 115 Å². The van der Waals surface area contributed by atoms with E-state index in [0.29, 0.717) is 0 Å². The summed E-state index contributed by atoms with van der Waals surface area (Å²) < 4.78 is 26.1. The van der Waals surface area contributed by atoms with Crippen molar-refractivity contribution in [2.45, 2.75) is 32.4 Å². The third kappa shape index (κ3) is 2.42. The number of hydrogen-bond acceptors (Lipinski definition) is 3. The Hall–Kier alpha value is -1.50. The van der Waals surface area contributed by atoms with E-state index in [1.807, 2.05) is 0 Å². The molecule has 0 bridgehead atoms. The number of carbonyl (C=O) groups is 1. The molecule has 0 aromatic carbocycles. The quantitative estimate of drug-likeness (QED) is 0.876. The SMILES string of the molecule is O=C(NCc1nccn1C(F)F)C1CC12CCNCC2. The average molecular weight is 284 g/mol. The fourth-order valence-corrected chi connectivity index (χ4v) is 3.14. The number of amides is 1. The second-order valence-electron chi connectivity index (χ2n) is 5.62. The average Bonchev–Trinajstić information content (AvgIpc) is 2.92. The number of rotatable bonds is 4. The van der Waals surface area contributed by atoms with Gasteiger partial charge in [-0.05, 0) is 37.8 Å². The van der Waals surface area contributed by atoms with Gasteiger partial charge in [-0.1, -0.05) is 0 Å². The van der Waals surface area contributed by atoms with Crippen molar-refractivity contribution < 1.29 is 13.6 Å². The van der Waals surface area contributed by atoms with Crippen molar-refractivity contribution in [3.8, 4) is 0 Å². The Kier molecular flexibility index (Phi) is 3.45. The topological polar surface area (TPSA) is 59.0 Å². The highest BCUT2D eigenvalue weighted by Crippen LogP contribution is 2.58. The van der Waals surface area contributed by atoms with Crippen LogP contribution >= 0.6 is 0 Å². The maximum Gasteiger partial charge on any atom is 0.319 e. The summed E-state index contributed by atoms with van der Waals surface area (Å²) in [6, 6.07) is 0. The molecule has 1 aromatic heterocycles. The van der Waals surface area contributed by atoms with Gasteiger partial charge in [0.1, 0.15) is 5.82 Å². The van der Waals surface area contributed by atoms with Gasteiger partial charge >= 0.3 is 6.55 Å². The fourth-order valence-electron chi connectivity index (χ4n) is 3.14. The van der Waals surface area contributed by atoms with Crippen molar-refractivity contribution in [1.82, 2.24) is 20.2 Å². The molecule has 1 spiro atoms. The van der Waals surface area contributed by atoms with Gasteiger partial charge in [-0.2, -0.15) is 8.78 Å². The molecular formula is C13H18F2N4O. The summed E-state index contributed by atoms with van der Waals surface area (Å²) in [5.41, 5.74) is 0.160. The second-order valence-corrected chi connectivity index (χ2v) is 5.62. The molecule has 2 aliphatic rings. The van der Waals surface area contributed by atoms with Crippen LogP contribution in [0, 0.1) is 11.3 Å². The van der Waals surface area contributed by atoms with Crippen molar-refractivity contribution in [1.29, 1.82) is 0 Å². The second kappa shape index (κ2) is 5.12. The van der Waals surface area contributed by atoms with Crippen LogP contribution in [0.1, 0.15) is 31.6 Å². The molecule has 110 valence electrons. The molecule has 1 aromatic rings. The summed E-state index contributed by atoms with van der Waals surface area (Å²) in [5.74, 6) is 0.198. The van der Waals surface area contributed by atoms with Gasteiger partial charge in [0.25, 0.3) is 0 Å². The van der Waals surface area contributed by atoms with Crippen LogP contribution in [0.4, 0.5) is 8.78 Å². The molecule has 3 rings (SSSR count). The minimum atomic E-state index is -2.62. The van der Waals surface area contributed by atoms with Crippen LogP contribution in [0.15, 0.2) is 12.4 Å². The third-order valence-electron chi connectivity index (χ3n) is 4.49. The van der Waals surface area contributed by atoms with Gasteiger partial charge in [-0.15, -0.1) is 0 Å². The molecule has 1 amide bonds. The zero-order chi connectivity index (χ0) is 14.2. The summed E-state index contributed by atoms with van der Waals surface area (Å²) in [7, 11) is 0. The minimum Gasteiger partial charge on any atom is -0.349 e. The number of nitrogens with one attached hydrogen (secondary N) is 2. The molecule has 2 N–H and O–H groups in total. The molecule has 2 heterocycles. The normalized spacial score (nSPS) is 24.1. The summed E-state index contributed by atoms with van der Waals surface area (Å²) in [5, 5.41) is 6.02. The summed E-state index contributed by atoms with van der Waals surface area (Å²) in [6.07, 6.45) is 5.51. The van der Waals surface area contributed by atoms with Gasteiger partial charge in [-0.25, -0.2) is 4.98 Å². The molecule has 5 nitrogen and oxygen atoms in total. The molecule has 1 saturated carbocycles. The van der Waals surface area contributed by atoms with E-state index in [9.17, 15) is 13.6 Å². The molecule has 1 aliphatic heterocycles. The van der Waals surface area contributed by atoms with E-state index in [2.05, 4.69) is 15.6 Å². The first-order valence-electron chi connectivity index (χ1n) is 6.91. The zero-order valence-electron chi connectivity index (χ0n) is 11.1.